The Morgan fingerprint density at radius 2 is 2.16 bits per heavy atom. The average Bonchev–Trinajstić information content (AvgIpc) is 2.41. The van der Waals surface area contributed by atoms with Crippen LogP contribution in [-0.2, 0) is 5.75 Å². The first-order valence-electron chi connectivity index (χ1n) is 5.33. The maximum atomic E-state index is 13.6. The predicted octanol–water partition coefficient (Wildman–Crippen LogP) is 3.86. The second-order valence-electron chi connectivity index (χ2n) is 3.69. The number of carboxylic acids is 1. The molecule has 0 atom stereocenters. The van der Waals surface area contributed by atoms with Crippen molar-refractivity contribution >= 4 is 29.3 Å². The monoisotopic (exact) mass is 297 g/mol. The Balaban J connectivity index is 2.06. The van der Waals surface area contributed by atoms with Crippen LogP contribution >= 0.6 is 23.4 Å². The maximum absolute atomic E-state index is 13.6. The first-order chi connectivity index (χ1) is 9.08. The first kappa shape index (κ1) is 13.8. The topological polar surface area (TPSA) is 50.2 Å². The van der Waals surface area contributed by atoms with Crippen molar-refractivity contribution in [1.29, 1.82) is 0 Å². The molecule has 1 heterocycles. The fraction of sp³-hybridized carbons (Fsp3) is 0.0769. The van der Waals surface area contributed by atoms with Crippen LogP contribution in [0.25, 0.3) is 0 Å². The van der Waals surface area contributed by atoms with Gasteiger partial charge in [-0.2, -0.15) is 0 Å². The Kier molecular flexibility index (Phi) is 4.39. The van der Waals surface area contributed by atoms with Crippen LogP contribution in [0.3, 0.4) is 0 Å². The van der Waals surface area contributed by atoms with E-state index in [0.717, 1.165) is 0 Å². The lowest BCUT2D eigenvalue weighted by Gasteiger charge is -2.04. The largest absolute Gasteiger partial charge is 0.478 e. The summed E-state index contributed by atoms with van der Waals surface area (Å²) in [5.74, 6) is -1.07. The summed E-state index contributed by atoms with van der Waals surface area (Å²) in [6, 6.07) is 7.88. The first-order valence-corrected chi connectivity index (χ1v) is 6.69. The summed E-state index contributed by atoms with van der Waals surface area (Å²) in [5.41, 5.74) is 0.611. The van der Waals surface area contributed by atoms with Gasteiger partial charge in [0, 0.05) is 11.9 Å². The highest BCUT2D eigenvalue weighted by Gasteiger charge is 2.08. The van der Waals surface area contributed by atoms with E-state index < -0.39 is 11.8 Å². The Labute approximate surface area is 118 Å². The van der Waals surface area contributed by atoms with Gasteiger partial charge in [0.1, 0.15) is 5.82 Å². The molecule has 0 aliphatic heterocycles. The summed E-state index contributed by atoms with van der Waals surface area (Å²) < 4.78 is 13.6. The highest BCUT2D eigenvalue weighted by molar-refractivity contribution is 7.98. The van der Waals surface area contributed by atoms with Crippen molar-refractivity contribution in [2.24, 2.45) is 0 Å². The van der Waals surface area contributed by atoms with Gasteiger partial charge in [0.05, 0.1) is 15.6 Å². The molecule has 19 heavy (non-hydrogen) atoms. The number of hydrogen-bond acceptors (Lipinski definition) is 3. The van der Waals surface area contributed by atoms with E-state index in [1.807, 2.05) is 0 Å². The molecule has 3 nitrogen and oxygen atoms in total. The zero-order valence-corrected chi connectivity index (χ0v) is 11.2. The summed E-state index contributed by atoms with van der Waals surface area (Å²) in [5, 5.41) is 9.46. The van der Waals surface area contributed by atoms with Gasteiger partial charge in [-0.25, -0.2) is 14.2 Å². The van der Waals surface area contributed by atoms with Crippen molar-refractivity contribution in [3.8, 4) is 0 Å². The van der Waals surface area contributed by atoms with E-state index in [4.69, 9.17) is 16.7 Å². The van der Waals surface area contributed by atoms with Crippen LogP contribution in [0.15, 0.2) is 41.6 Å². The van der Waals surface area contributed by atoms with Gasteiger partial charge in [-0.3, -0.25) is 0 Å². The lowest BCUT2D eigenvalue weighted by Crippen LogP contribution is -1.97. The van der Waals surface area contributed by atoms with Gasteiger partial charge in [0.15, 0.2) is 0 Å². The third kappa shape index (κ3) is 3.45. The van der Waals surface area contributed by atoms with Crippen LogP contribution in [0.4, 0.5) is 4.39 Å². The van der Waals surface area contributed by atoms with Gasteiger partial charge in [0.25, 0.3) is 0 Å². The molecule has 6 heteroatoms. The maximum Gasteiger partial charge on any atom is 0.337 e. The molecule has 1 N–H and O–H groups in total. The smallest absolute Gasteiger partial charge is 0.337 e. The van der Waals surface area contributed by atoms with E-state index in [-0.39, 0.29) is 10.6 Å². The summed E-state index contributed by atoms with van der Waals surface area (Å²) >= 11 is 7.00. The van der Waals surface area contributed by atoms with Crippen LogP contribution in [-0.4, -0.2) is 16.1 Å². The number of thioether (sulfide) groups is 1. The predicted molar refractivity (Wildman–Crippen MR) is 72.2 cm³/mol. The standard InChI is InChI=1S/C13H9ClFNO2S/c14-10-3-1-2-9(12(10)15)7-19-11-5-4-8(6-16-11)13(17)18/h1-6H,7H2,(H,17,18). The molecule has 98 valence electrons. The zero-order valence-electron chi connectivity index (χ0n) is 9.64. The zero-order chi connectivity index (χ0) is 13.8. The van der Waals surface area contributed by atoms with Crippen molar-refractivity contribution in [3.05, 3.63) is 58.5 Å². The van der Waals surface area contributed by atoms with Crippen molar-refractivity contribution in [1.82, 2.24) is 4.98 Å². The third-order valence-corrected chi connectivity index (χ3v) is 3.67. The number of aromatic nitrogens is 1. The molecular weight excluding hydrogens is 289 g/mol. The molecule has 0 fully saturated rings. The number of nitrogens with zero attached hydrogens (tertiary/aromatic N) is 1. The van der Waals surface area contributed by atoms with Gasteiger partial charge in [-0.15, -0.1) is 11.8 Å². The molecule has 1 aromatic carbocycles. The quantitative estimate of drug-likeness (QED) is 0.871. The molecule has 0 saturated heterocycles. The fourth-order valence-corrected chi connectivity index (χ4v) is 2.42. The van der Waals surface area contributed by atoms with E-state index >= 15 is 0 Å². The van der Waals surface area contributed by atoms with E-state index in [2.05, 4.69) is 4.98 Å². The molecule has 0 saturated carbocycles. The van der Waals surface area contributed by atoms with Crippen molar-refractivity contribution in [3.63, 3.8) is 0 Å². The lowest BCUT2D eigenvalue weighted by atomic mass is 10.2. The number of pyridine rings is 1. The Bertz CT molecular complexity index is 604. The Hall–Kier alpha value is -1.59. The molecule has 0 aliphatic rings. The lowest BCUT2D eigenvalue weighted by molar-refractivity contribution is 0.0696. The van der Waals surface area contributed by atoms with Crippen LogP contribution in [0.1, 0.15) is 15.9 Å². The second kappa shape index (κ2) is 6.04. The third-order valence-electron chi connectivity index (χ3n) is 2.39. The van der Waals surface area contributed by atoms with Gasteiger partial charge in [0.2, 0.25) is 0 Å². The molecule has 2 rings (SSSR count). The minimum absolute atomic E-state index is 0.0901. The van der Waals surface area contributed by atoms with Crippen LogP contribution in [0.2, 0.25) is 5.02 Å². The minimum Gasteiger partial charge on any atom is -0.478 e. The molecule has 0 aliphatic carbocycles. The van der Waals surface area contributed by atoms with Crippen molar-refractivity contribution < 1.29 is 14.3 Å². The van der Waals surface area contributed by atoms with E-state index in [9.17, 15) is 9.18 Å². The molecule has 0 bridgehead atoms. The number of rotatable bonds is 4. The van der Waals surface area contributed by atoms with Crippen LogP contribution < -0.4 is 0 Å². The highest BCUT2D eigenvalue weighted by atomic mass is 35.5. The molecule has 0 unspecified atom stereocenters. The fourth-order valence-electron chi connectivity index (χ4n) is 1.40. The SMILES string of the molecule is O=C(O)c1ccc(SCc2cccc(Cl)c2F)nc1. The van der Waals surface area contributed by atoms with Gasteiger partial charge >= 0.3 is 5.97 Å². The van der Waals surface area contributed by atoms with Crippen LogP contribution in [0.5, 0.6) is 0 Å². The number of carbonyl (C=O) groups is 1. The Morgan fingerprint density at radius 3 is 2.79 bits per heavy atom. The number of carboxylic acid groups (broad SMARTS) is 1. The molecule has 0 radical (unpaired) electrons. The minimum atomic E-state index is -1.02. The highest BCUT2D eigenvalue weighted by Crippen LogP contribution is 2.25. The summed E-state index contributed by atoms with van der Waals surface area (Å²) in [7, 11) is 0. The van der Waals surface area contributed by atoms with E-state index in [0.29, 0.717) is 16.3 Å². The average molecular weight is 298 g/mol. The molecular formula is C13H9ClFNO2S. The van der Waals surface area contributed by atoms with Gasteiger partial charge < -0.3 is 5.11 Å². The number of benzene rings is 1. The van der Waals surface area contributed by atoms with Crippen molar-refractivity contribution in [2.45, 2.75) is 10.8 Å². The molecule has 2 aromatic rings. The van der Waals surface area contributed by atoms with E-state index in [1.165, 1.54) is 30.1 Å². The number of halogens is 2. The molecule has 0 spiro atoms. The van der Waals surface area contributed by atoms with Gasteiger partial charge in [-0.1, -0.05) is 23.7 Å². The number of aromatic carboxylic acids is 1. The Morgan fingerprint density at radius 1 is 1.37 bits per heavy atom. The summed E-state index contributed by atoms with van der Waals surface area (Å²) in [6.45, 7) is 0. The van der Waals surface area contributed by atoms with Crippen LogP contribution in [0, 0.1) is 5.82 Å². The van der Waals surface area contributed by atoms with Gasteiger partial charge in [-0.05, 0) is 23.8 Å². The summed E-state index contributed by atoms with van der Waals surface area (Å²) in [4.78, 5) is 14.7. The van der Waals surface area contributed by atoms with E-state index in [1.54, 1.807) is 18.2 Å². The summed E-state index contributed by atoms with van der Waals surface area (Å²) in [6.07, 6.45) is 1.28. The van der Waals surface area contributed by atoms with Crippen molar-refractivity contribution in [2.75, 3.05) is 0 Å². The molecule has 1 aromatic heterocycles. The number of hydrogen-bond donors (Lipinski definition) is 1. The molecule has 0 amide bonds. The second-order valence-corrected chi connectivity index (χ2v) is 5.09. The normalized spacial score (nSPS) is 10.4.